The summed E-state index contributed by atoms with van der Waals surface area (Å²) in [7, 11) is 3.30. The molecule has 0 fully saturated rings. The number of carbonyl (C=O) groups is 1. The van der Waals surface area contributed by atoms with Crippen LogP contribution in [0.1, 0.15) is 28.1 Å². The van der Waals surface area contributed by atoms with Crippen molar-refractivity contribution in [1.29, 1.82) is 0 Å². The number of nitrogens with zero attached hydrogens (tertiary/aromatic N) is 4. The average Bonchev–Trinajstić information content (AvgIpc) is 3.26. The smallest absolute Gasteiger partial charge is 0.334 e. The van der Waals surface area contributed by atoms with Crippen LogP contribution in [0, 0.1) is 5.82 Å². The van der Waals surface area contributed by atoms with Crippen LogP contribution in [0.4, 0.5) is 35.5 Å². The summed E-state index contributed by atoms with van der Waals surface area (Å²) < 4.78 is 94.1. The normalized spacial score (nSPS) is 12.2. The lowest BCUT2D eigenvalue weighted by molar-refractivity contribution is -0.143. The van der Waals surface area contributed by atoms with Crippen LogP contribution in [0.2, 0.25) is 0 Å². The second-order valence-electron chi connectivity index (χ2n) is 9.96. The van der Waals surface area contributed by atoms with Crippen LogP contribution in [-0.4, -0.2) is 52.6 Å². The zero-order chi connectivity index (χ0) is 30.7. The third kappa shape index (κ3) is 7.78. The Morgan fingerprint density at radius 2 is 1.48 bits per heavy atom. The maximum atomic E-state index is 13.4. The Balaban J connectivity index is 1.37. The van der Waals surface area contributed by atoms with Gasteiger partial charge in [0.2, 0.25) is 0 Å². The summed E-state index contributed by atoms with van der Waals surface area (Å²) in [5.41, 5.74) is -0.615. The van der Waals surface area contributed by atoms with E-state index >= 15 is 0 Å². The molecule has 0 unspecified atom stereocenters. The first kappa shape index (κ1) is 30.8. The first-order chi connectivity index (χ1) is 19.7. The number of rotatable bonds is 9. The maximum Gasteiger partial charge on any atom is 0.416 e. The van der Waals surface area contributed by atoms with Crippen LogP contribution in [0.15, 0.2) is 66.7 Å². The largest absolute Gasteiger partial charge is 0.416 e. The molecule has 1 heterocycles. The minimum absolute atomic E-state index is 0.0429. The number of fused-ring (bicyclic) bond motifs is 1. The molecule has 4 aromatic rings. The van der Waals surface area contributed by atoms with Crippen molar-refractivity contribution in [3.8, 4) is 0 Å². The highest BCUT2D eigenvalue weighted by Gasteiger charge is 2.36. The van der Waals surface area contributed by atoms with Crippen LogP contribution in [0.25, 0.3) is 11.0 Å². The van der Waals surface area contributed by atoms with Crippen molar-refractivity contribution in [3.05, 3.63) is 101 Å². The standard InChI is InChI=1S/C29H28F7N5O/c1-39(18-26-38-24-5-3-4-6-25(24)41(26)17-19-7-9-23(30)10-8-19)11-12-40(2)27(42)37-16-20-13-21(28(31,32)33)15-22(14-20)29(34,35)36/h3-10,13-15H,11-12,16-18H2,1-2H3,(H,37,42). The lowest BCUT2D eigenvalue weighted by Gasteiger charge is -2.23. The van der Waals surface area contributed by atoms with E-state index in [1.165, 1.54) is 24.1 Å². The zero-order valence-electron chi connectivity index (χ0n) is 22.7. The van der Waals surface area contributed by atoms with Crippen LogP contribution in [-0.2, 0) is 32.0 Å². The highest BCUT2D eigenvalue weighted by Crippen LogP contribution is 2.36. The van der Waals surface area contributed by atoms with Gasteiger partial charge >= 0.3 is 18.4 Å². The highest BCUT2D eigenvalue weighted by atomic mass is 19.4. The maximum absolute atomic E-state index is 13.4. The number of aromatic nitrogens is 2. The van der Waals surface area contributed by atoms with E-state index in [0.717, 1.165) is 22.4 Å². The van der Waals surface area contributed by atoms with Gasteiger partial charge in [-0.3, -0.25) is 4.90 Å². The van der Waals surface area contributed by atoms with Gasteiger partial charge in [-0.15, -0.1) is 0 Å². The van der Waals surface area contributed by atoms with E-state index in [2.05, 4.69) is 5.32 Å². The van der Waals surface area contributed by atoms with Gasteiger partial charge in [-0.2, -0.15) is 26.3 Å². The van der Waals surface area contributed by atoms with Crippen molar-refractivity contribution in [2.45, 2.75) is 32.0 Å². The number of alkyl halides is 6. The number of imidazole rings is 1. The molecular formula is C29H28F7N5O. The summed E-state index contributed by atoms with van der Waals surface area (Å²) in [6.45, 7) is 0.982. The number of likely N-dealkylation sites (N-methyl/N-ethyl adjacent to an activating group) is 2. The molecule has 0 radical (unpaired) electrons. The predicted molar refractivity (Wildman–Crippen MR) is 143 cm³/mol. The Kier molecular flexibility index (Phi) is 9.09. The number of urea groups is 1. The van der Waals surface area contributed by atoms with Gasteiger partial charge in [0, 0.05) is 33.2 Å². The minimum atomic E-state index is -4.97. The van der Waals surface area contributed by atoms with Crippen LogP contribution in [0.5, 0.6) is 0 Å². The molecule has 0 aliphatic rings. The van der Waals surface area contributed by atoms with Crippen LogP contribution < -0.4 is 5.32 Å². The van der Waals surface area contributed by atoms with E-state index in [9.17, 15) is 35.5 Å². The number of hydrogen-bond donors (Lipinski definition) is 1. The van der Waals surface area contributed by atoms with E-state index in [1.54, 1.807) is 12.1 Å². The van der Waals surface area contributed by atoms with Crippen LogP contribution in [0.3, 0.4) is 0 Å². The molecule has 0 bridgehead atoms. The fourth-order valence-electron chi connectivity index (χ4n) is 4.37. The highest BCUT2D eigenvalue weighted by molar-refractivity contribution is 5.76. The SMILES string of the molecule is CN(CCN(C)C(=O)NCc1cc(C(F)(F)F)cc(C(F)(F)F)c1)Cc1nc2ccccc2n1Cc1ccc(F)cc1. The summed E-state index contributed by atoms with van der Waals surface area (Å²) in [5.74, 6) is 0.420. The summed E-state index contributed by atoms with van der Waals surface area (Å²) >= 11 is 0. The quantitative estimate of drug-likeness (QED) is 0.224. The second-order valence-corrected chi connectivity index (χ2v) is 9.96. The van der Waals surface area contributed by atoms with Gasteiger partial charge in [-0.1, -0.05) is 24.3 Å². The Hall–Kier alpha value is -4.13. The molecule has 0 saturated carbocycles. The molecule has 224 valence electrons. The predicted octanol–water partition coefficient (Wildman–Crippen LogP) is 6.53. The van der Waals surface area contributed by atoms with Crippen LogP contribution >= 0.6 is 0 Å². The van der Waals surface area contributed by atoms with Gasteiger partial charge in [-0.05, 0) is 60.6 Å². The molecule has 0 spiro atoms. The van der Waals surface area contributed by atoms with E-state index in [1.807, 2.05) is 40.8 Å². The first-order valence-electron chi connectivity index (χ1n) is 12.8. The Morgan fingerprint density at radius 1 is 0.857 bits per heavy atom. The van der Waals surface area contributed by atoms with Gasteiger partial charge < -0.3 is 14.8 Å². The van der Waals surface area contributed by atoms with Gasteiger partial charge in [0.15, 0.2) is 0 Å². The third-order valence-electron chi connectivity index (χ3n) is 6.65. The minimum Gasteiger partial charge on any atom is -0.334 e. The summed E-state index contributed by atoms with van der Waals surface area (Å²) in [4.78, 5) is 20.5. The van der Waals surface area contributed by atoms with Crippen molar-refractivity contribution in [3.63, 3.8) is 0 Å². The molecule has 6 nitrogen and oxygen atoms in total. The molecular weight excluding hydrogens is 567 g/mol. The number of para-hydroxylation sites is 2. The second kappa shape index (κ2) is 12.4. The van der Waals surface area contributed by atoms with E-state index in [-0.39, 0.29) is 24.0 Å². The van der Waals surface area contributed by atoms with Crippen molar-refractivity contribution in [2.24, 2.45) is 0 Å². The number of benzene rings is 3. The summed E-state index contributed by atoms with van der Waals surface area (Å²) in [5, 5.41) is 2.38. The van der Waals surface area contributed by atoms with Gasteiger partial charge in [0.25, 0.3) is 0 Å². The lowest BCUT2D eigenvalue weighted by Crippen LogP contribution is -2.40. The van der Waals surface area contributed by atoms with Crippen molar-refractivity contribution in [2.75, 3.05) is 27.2 Å². The molecule has 13 heteroatoms. The molecule has 2 amide bonds. The van der Waals surface area contributed by atoms with Gasteiger partial charge in [0.05, 0.1) is 28.7 Å². The van der Waals surface area contributed by atoms with Gasteiger partial charge in [0.1, 0.15) is 11.6 Å². The molecule has 3 aromatic carbocycles. The summed E-state index contributed by atoms with van der Waals surface area (Å²) in [6, 6.07) is 14.4. The molecule has 1 N–H and O–H groups in total. The average molecular weight is 596 g/mol. The Bertz CT molecular complexity index is 1500. The first-order valence-corrected chi connectivity index (χ1v) is 12.8. The summed E-state index contributed by atoms with van der Waals surface area (Å²) in [6.07, 6.45) is -9.94. The molecule has 42 heavy (non-hydrogen) atoms. The van der Waals surface area contributed by atoms with E-state index in [0.29, 0.717) is 31.8 Å². The number of nitrogens with one attached hydrogen (secondary N) is 1. The third-order valence-corrected chi connectivity index (χ3v) is 6.65. The fourth-order valence-corrected chi connectivity index (χ4v) is 4.37. The number of halogens is 7. The molecule has 1 aromatic heterocycles. The monoisotopic (exact) mass is 595 g/mol. The van der Waals surface area contributed by atoms with Crippen molar-refractivity contribution >= 4 is 17.1 Å². The van der Waals surface area contributed by atoms with E-state index in [4.69, 9.17) is 4.98 Å². The number of hydrogen-bond acceptors (Lipinski definition) is 3. The topological polar surface area (TPSA) is 53.4 Å². The lowest BCUT2D eigenvalue weighted by atomic mass is 10.0. The Morgan fingerprint density at radius 3 is 2.10 bits per heavy atom. The molecule has 0 atom stereocenters. The fraction of sp³-hybridized carbons (Fsp3) is 0.310. The zero-order valence-corrected chi connectivity index (χ0v) is 22.7. The number of carbonyl (C=O) groups excluding carboxylic acids is 1. The van der Waals surface area contributed by atoms with Gasteiger partial charge in [-0.25, -0.2) is 14.2 Å². The Labute approximate surface area is 237 Å². The molecule has 0 saturated heterocycles. The van der Waals surface area contributed by atoms with Crippen molar-refractivity contribution in [1.82, 2.24) is 24.7 Å². The molecule has 4 rings (SSSR count). The molecule has 0 aliphatic heterocycles. The molecule has 0 aliphatic carbocycles. The van der Waals surface area contributed by atoms with E-state index < -0.39 is 36.1 Å². The van der Waals surface area contributed by atoms with Crippen molar-refractivity contribution < 1.29 is 35.5 Å². The number of amides is 2.